The van der Waals surface area contributed by atoms with Gasteiger partial charge in [-0.15, -0.1) is 0 Å². The van der Waals surface area contributed by atoms with Gasteiger partial charge in [0.15, 0.2) is 0 Å². The molecule has 4 heteroatoms. The van der Waals surface area contributed by atoms with Gasteiger partial charge in [0.1, 0.15) is 0 Å². The largest absolute Gasteiger partial charge is 0.319 e. The third-order valence-electron chi connectivity index (χ3n) is 3.86. The average Bonchev–Trinajstić information content (AvgIpc) is 2.70. The Morgan fingerprint density at radius 2 is 1.87 bits per heavy atom. The lowest BCUT2D eigenvalue weighted by molar-refractivity contribution is -0.00684. The average molecular weight is 218 g/mol. The summed E-state index contributed by atoms with van der Waals surface area (Å²) < 4.78 is 25.6. The Labute approximate surface area is 89.8 Å². The number of halogens is 2. The maximum atomic E-state index is 12.8. The van der Waals surface area contributed by atoms with E-state index in [0.717, 1.165) is 13.0 Å². The molecule has 0 aromatic rings. The van der Waals surface area contributed by atoms with Crippen molar-refractivity contribution in [1.82, 2.24) is 4.90 Å². The zero-order valence-corrected chi connectivity index (χ0v) is 9.09. The minimum Gasteiger partial charge on any atom is -0.319 e. The Morgan fingerprint density at radius 3 is 2.47 bits per heavy atom. The van der Waals surface area contributed by atoms with Crippen LogP contribution in [0.15, 0.2) is 0 Å². The fourth-order valence-electron chi connectivity index (χ4n) is 2.91. The van der Waals surface area contributed by atoms with E-state index in [-0.39, 0.29) is 0 Å². The van der Waals surface area contributed by atoms with Crippen molar-refractivity contribution in [3.8, 4) is 0 Å². The summed E-state index contributed by atoms with van der Waals surface area (Å²) in [6.07, 6.45) is 3.71. The monoisotopic (exact) mass is 218 g/mol. The highest BCUT2D eigenvalue weighted by Gasteiger charge is 2.41. The van der Waals surface area contributed by atoms with Crippen molar-refractivity contribution in [1.29, 1.82) is 0 Å². The number of likely N-dealkylation sites (tertiary alicyclic amines) is 1. The van der Waals surface area contributed by atoms with E-state index in [2.05, 4.69) is 4.90 Å². The minimum absolute atomic E-state index is 0.384. The lowest BCUT2D eigenvalue weighted by Crippen LogP contribution is -2.60. The quantitative estimate of drug-likeness (QED) is 0.768. The maximum Gasteiger partial charge on any atom is 0.257 e. The van der Waals surface area contributed by atoms with Crippen LogP contribution in [0.2, 0.25) is 0 Å². The second kappa shape index (κ2) is 4.34. The second-order valence-corrected chi connectivity index (χ2v) is 5.05. The summed E-state index contributed by atoms with van der Waals surface area (Å²) in [6, 6.07) is 0.520. The molecule has 0 aromatic carbocycles. The molecule has 0 spiro atoms. The summed E-state index contributed by atoms with van der Waals surface area (Å²) in [5.41, 5.74) is 4.52. The fraction of sp³-hybridized carbons (Fsp3) is 1.00. The molecular weight excluding hydrogens is 198 g/mol. The molecule has 1 saturated carbocycles. The first-order valence-corrected chi connectivity index (χ1v) is 5.93. The molecule has 0 bridgehead atoms. The Bertz CT molecular complexity index is 217. The predicted molar refractivity (Wildman–Crippen MR) is 56.0 cm³/mol. The number of nitrogens with two attached hydrogens (primary N) is 1. The number of hydrogen-bond acceptors (Lipinski definition) is 2. The molecule has 1 aliphatic carbocycles. The third kappa shape index (κ3) is 2.31. The molecule has 15 heavy (non-hydrogen) atoms. The molecule has 1 atom stereocenters. The van der Waals surface area contributed by atoms with Gasteiger partial charge in [0.2, 0.25) is 0 Å². The Hall–Kier alpha value is -0.220. The number of hydrogen-bond donors (Lipinski definition) is 1. The van der Waals surface area contributed by atoms with Crippen molar-refractivity contribution in [2.24, 2.45) is 5.73 Å². The summed E-state index contributed by atoms with van der Waals surface area (Å²) in [6.45, 7) is 1.34. The van der Waals surface area contributed by atoms with Crippen molar-refractivity contribution in [2.45, 2.75) is 56.5 Å². The van der Waals surface area contributed by atoms with Gasteiger partial charge in [-0.2, -0.15) is 0 Å². The molecule has 0 aromatic heterocycles. The molecule has 2 fully saturated rings. The van der Waals surface area contributed by atoms with Gasteiger partial charge >= 0.3 is 0 Å². The number of alkyl halides is 2. The molecule has 2 rings (SSSR count). The van der Waals surface area contributed by atoms with E-state index in [9.17, 15) is 8.78 Å². The van der Waals surface area contributed by atoms with Gasteiger partial charge in [0.25, 0.3) is 6.43 Å². The molecule has 1 heterocycles. The number of rotatable bonds is 2. The Balaban J connectivity index is 1.97. The second-order valence-electron chi connectivity index (χ2n) is 5.05. The zero-order valence-electron chi connectivity index (χ0n) is 9.09. The first kappa shape index (κ1) is 11.3. The highest BCUT2D eigenvalue weighted by atomic mass is 19.3. The molecule has 1 aliphatic heterocycles. The van der Waals surface area contributed by atoms with E-state index in [1.54, 1.807) is 0 Å². The Kier molecular flexibility index (Phi) is 3.26. The highest BCUT2D eigenvalue weighted by Crippen LogP contribution is 2.31. The van der Waals surface area contributed by atoms with Crippen molar-refractivity contribution in [3.63, 3.8) is 0 Å². The van der Waals surface area contributed by atoms with E-state index in [0.29, 0.717) is 19.0 Å². The van der Waals surface area contributed by atoms with Crippen LogP contribution in [0.1, 0.15) is 38.5 Å². The highest BCUT2D eigenvalue weighted by molar-refractivity contribution is 4.96. The number of nitrogens with zero attached hydrogens (tertiary/aromatic N) is 1. The van der Waals surface area contributed by atoms with Gasteiger partial charge < -0.3 is 5.73 Å². The summed E-state index contributed by atoms with van der Waals surface area (Å²) in [5, 5.41) is 0. The molecular formula is C11H20F2N2. The summed E-state index contributed by atoms with van der Waals surface area (Å²) in [5.74, 6) is 0. The van der Waals surface area contributed by atoms with Crippen LogP contribution < -0.4 is 5.73 Å². The zero-order chi connectivity index (χ0) is 10.9. The van der Waals surface area contributed by atoms with Crippen LogP contribution in [0.5, 0.6) is 0 Å². The number of piperidine rings is 1. The molecule has 0 radical (unpaired) electrons. The maximum absolute atomic E-state index is 12.8. The van der Waals surface area contributed by atoms with Crippen molar-refractivity contribution in [2.75, 3.05) is 13.1 Å². The first-order chi connectivity index (χ1) is 7.12. The standard InChI is InChI=1S/C11H20F2N2/c12-10(13)11(14)6-3-7-15(8-11)9-4-1-2-5-9/h9-10H,1-8,14H2. The van der Waals surface area contributed by atoms with Crippen LogP contribution in [-0.2, 0) is 0 Å². The van der Waals surface area contributed by atoms with Crippen LogP contribution in [0, 0.1) is 0 Å². The van der Waals surface area contributed by atoms with Crippen LogP contribution in [0.4, 0.5) is 8.78 Å². The topological polar surface area (TPSA) is 29.3 Å². The molecule has 0 amide bonds. The van der Waals surface area contributed by atoms with Gasteiger partial charge in [-0.1, -0.05) is 12.8 Å². The summed E-state index contributed by atoms with van der Waals surface area (Å²) in [7, 11) is 0. The first-order valence-electron chi connectivity index (χ1n) is 5.93. The molecule has 2 nitrogen and oxygen atoms in total. The van der Waals surface area contributed by atoms with E-state index < -0.39 is 12.0 Å². The van der Waals surface area contributed by atoms with Gasteiger partial charge in [-0.25, -0.2) is 8.78 Å². The van der Waals surface area contributed by atoms with E-state index in [1.807, 2.05) is 0 Å². The molecule has 2 N–H and O–H groups in total. The lowest BCUT2D eigenvalue weighted by atomic mass is 9.89. The van der Waals surface area contributed by atoms with Gasteiger partial charge in [0.05, 0.1) is 5.54 Å². The molecule has 1 saturated heterocycles. The van der Waals surface area contributed by atoms with E-state index in [4.69, 9.17) is 5.73 Å². The fourth-order valence-corrected chi connectivity index (χ4v) is 2.91. The van der Waals surface area contributed by atoms with Gasteiger partial charge in [-0.3, -0.25) is 4.90 Å². The molecule has 88 valence electrons. The summed E-state index contributed by atoms with van der Waals surface area (Å²) >= 11 is 0. The Morgan fingerprint density at radius 1 is 1.20 bits per heavy atom. The predicted octanol–water partition coefficient (Wildman–Crippen LogP) is 1.99. The molecule has 2 aliphatic rings. The lowest BCUT2D eigenvalue weighted by Gasteiger charge is -2.42. The van der Waals surface area contributed by atoms with E-state index >= 15 is 0 Å². The smallest absolute Gasteiger partial charge is 0.257 e. The van der Waals surface area contributed by atoms with Crippen LogP contribution >= 0.6 is 0 Å². The van der Waals surface area contributed by atoms with Crippen LogP contribution in [0.3, 0.4) is 0 Å². The normalized spacial score (nSPS) is 35.2. The van der Waals surface area contributed by atoms with Crippen molar-refractivity contribution in [3.05, 3.63) is 0 Å². The van der Waals surface area contributed by atoms with Crippen molar-refractivity contribution >= 4 is 0 Å². The third-order valence-corrected chi connectivity index (χ3v) is 3.86. The van der Waals surface area contributed by atoms with Crippen LogP contribution in [-0.4, -0.2) is 36.0 Å². The molecule has 1 unspecified atom stereocenters. The van der Waals surface area contributed by atoms with E-state index in [1.165, 1.54) is 25.7 Å². The SMILES string of the molecule is NC1(C(F)F)CCCN(C2CCCC2)C1. The minimum atomic E-state index is -2.39. The van der Waals surface area contributed by atoms with Gasteiger partial charge in [0, 0.05) is 12.6 Å². The van der Waals surface area contributed by atoms with Crippen molar-refractivity contribution < 1.29 is 8.78 Å². The summed E-state index contributed by atoms with van der Waals surface area (Å²) in [4.78, 5) is 2.20. The van der Waals surface area contributed by atoms with Gasteiger partial charge in [-0.05, 0) is 32.2 Å². The van der Waals surface area contributed by atoms with Crippen LogP contribution in [0.25, 0.3) is 0 Å².